The van der Waals surface area contributed by atoms with Crippen molar-refractivity contribution >= 4 is 52.6 Å². The molecule has 2 nitrogen and oxygen atoms in total. The molecule has 0 aliphatic heterocycles. The van der Waals surface area contributed by atoms with Crippen molar-refractivity contribution in [3.05, 3.63) is 62.5 Å². The quantitative estimate of drug-likeness (QED) is 0.292. The number of rotatable bonds is 4. The number of hydrogen-bond acceptors (Lipinski definition) is 4. The second kappa shape index (κ2) is 7.40. The van der Waals surface area contributed by atoms with E-state index >= 15 is 0 Å². The zero-order valence-electron chi connectivity index (χ0n) is 13.0. The lowest BCUT2D eigenvalue weighted by Gasteiger charge is -2.08. The number of carbonyl (C=O) groups excluding carboxylic acids is 1. The first-order valence-electron chi connectivity index (χ1n) is 7.42. The SMILES string of the molecule is CSc1sc(C(=O)C(C#N)=Cc2ccc(Cl)cc2)c2c1C=CCC2. The van der Waals surface area contributed by atoms with Crippen LogP contribution in [-0.2, 0) is 6.42 Å². The fourth-order valence-electron chi connectivity index (χ4n) is 2.63. The molecule has 24 heavy (non-hydrogen) atoms. The van der Waals surface area contributed by atoms with E-state index < -0.39 is 0 Å². The number of thioether (sulfide) groups is 1. The van der Waals surface area contributed by atoms with Crippen LogP contribution in [0.4, 0.5) is 0 Å². The highest BCUT2D eigenvalue weighted by atomic mass is 35.5. The lowest BCUT2D eigenvalue weighted by molar-refractivity contribution is 0.104. The second-order valence-corrected chi connectivity index (χ2v) is 7.84. The molecule has 0 N–H and O–H groups in total. The first kappa shape index (κ1) is 17.0. The summed E-state index contributed by atoms with van der Waals surface area (Å²) in [6.45, 7) is 0. The number of fused-ring (bicyclic) bond motifs is 1. The van der Waals surface area contributed by atoms with Crippen molar-refractivity contribution in [1.29, 1.82) is 5.26 Å². The van der Waals surface area contributed by atoms with Crippen LogP contribution < -0.4 is 0 Å². The summed E-state index contributed by atoms with van der Waals surface area (Å²) in [5, 5.41) is 10.1. The van der Waals surface area contributed by atoms with Gasteiger partial charge >= 0.3 is 0 Å². The Morgan fingerprint density at radius 2 is 2.12 bits per heavy atom. The van der Waals surface area contributed by atoms with Gasteiger partial charge in [0, 0.05) is 10.6 Å². The van der Waals surface area contributed by atoms with Gasteiger partial charge in [-0.1, -0.05) is 35.9 Å². The third kappa shape index (κ3) is 3.34. The Balaban J connectivity index is 2.01. The van der Waals surface area contributed by atoms with Crippen molar-refractivity contribution in [2.24, 2.45) is 0 Å². The molecule has 5 heteroatoms. The topological polar surface area (TPSA) is 40.9 Å². The van der Waals surface area contributed by atoms with Crippen LogP contribution in [0.25, 0.3) is 12.2 Å². The lowest BCUT2D eigenvalue weighted by Crippen LogP contribution is -2.04. The van der Waals surface area contributed by atoms with Crippen LogP contribution in [-0.4, -0.2) is 12.0 Å². The van der Waals surface area contributed by atoms with E-state index in [0.29, 0.717) is 9.90 Å². The first-order chi connectivity index (χ1) is 11.6. The molecule has 0 saturated carbocycles. The van der Waals surface area contributed by atoms with Gasteiger partial charge in [-0.25, -0.2) is 0 Å². The van der Waals surface area contributed by atoms with Crippen molar-refractivity contribution < 1.29 is 4.79 Å². The van der Waals surface area contributed by atoms with E-state index in [1.54, 1.807) is 42.1 Å². The Hall–Kier alpha value is -1.80. The van der Waals surface area contributed by atoms with Gasteiger partial charge in [-0.15, -0.1) is 23.1 Å². The van der Waals surface area contributed by atoms with Gasteiger partial charge in [-0.2, -0.15) is 5.26 Å². The van der Waals surface area contributed by atoms with E-state index in [2.05, 4.69) is 18.2 Å². The molecule has 2 aromatic rings. The molecule has 120 valence electrons. The van der Waals surface area contributed by atoms with Crippen molar-refractivity contribution in [3.63, 3.8) is 0 Å². The van der Waals surface area contributed by atoms with E-state index in [4.69, 9.17) is 11.6 Å². The molecule has 1 aromatic heterocycles. The van der Waals surface area contributed by atoms with E-state index in [1.807, 2.05) is 6.26 Å². The molecule has 1 aliphatic carbocycles. The number of thiophene rings is 1. The van der Waals surface area contributed by atoms with Gasteiger partial charge in [0.25, 0.3) is 0 Å². The number of hydrogen-bond donors (Lipinski definition) is 0. The first-order valence-corrected chi connectivity index (χ1v) is 9.84. The van der Waals surface area contributed by atoms with Gasteiger partial charge < -0.3 is 0 Å². The Labute approximate surface area is 154 Å². The summed E-state index contributed by atoms with van der Waals surface area (Å²) in [5.41, 5.74) is 3.17. The number of ketones is 1. The minimum absolute atomic E-state index is 0.156. The highest BCUT2D eigenvalue weighted by molar-refractivity contribution is 8.00. The molecule has 0 spiro atoms. The van der Waals surface area contributed by atoms with E-state index in [-0.39, 0.29) is 11.4 Å². The van der Waals surface area contributed by atoms with Crippen LogP contribution in [0.3, 0.4) is 0 Å². The van der Waals surface area contributed by atoms with E-state index in [1.165, 1.54) is 11.3 Å². The smallest absolute Gasteiger partial charge is 0.213 e. The summed E-state index contributed by atoms with van der Waals surface area (Å²) in [6, 6.07) is 9.15. The highest BCUT2D eigenvalue weighted by Gasteiger charge is 2.24. The van der Waals surface area contributed by atoms with Gasteiger partial charge in [0.05, 0.1) is 9.09 Å². The predicted molar refractivity (Wildman–Crippen MR) is 103 cm³/mol. The minimum atomic E-state index is -0.190. The number of nitriles is 1. The monoisotopic (exact) mass is 371 g/mol. The zero-order chi connectivity index (χ0) is 17.1. The average Bonchev–Trinajstić information content (AvgIpc) is 2.99. The molecule has 0 amide bonds. The molecule has 0 radical (unpaired) electrons. The largest absolute Gasteiger partial charge is 0.287 e. The number of carbonyl (C=O) groups is 1. The number of Topliss-reactive ketones (excluding diaryl/α,β-unsaturated/α-hetero) is 1. The van der Waals surface area contributed by atoms with Gasteiger partial charge in [0.15, 0.2) is 0 Å². The van der Waals surface area contributed by atoms with Crippen molar-refractivity contribution in [2.45, 2.75) is 17.1 Å². The van der Waals surface area contributed by atoms with E-state index in [0.717, 1.165) is 33.7 Å². The zero-order valence-corrected chi connectivity index (χ0v) is 15.4. The average molecular weight is 372 g/mol. The second-order valence-electron chi connectivity index (χ2n) is 5.31. The molecule has 0 fully saturated rings. The van der Waals surface area contributed by atoms with Crippen LogP contribution in [0.1, 0.15) is 32.8 Å². The van der Waals surface area contributed by atoms with Gasteiger partial charge in [-0.3, -0.25) is 4.79 Å². The molecular weight excluding hydrogens is 358 g/mol. The predicted octanol–water partition coefficient (Wildman–Crippen LogP) is 5.87. The Morgan fingerprint density at radius 1 is 1.38 bits per heavy atom. The van der Waals surface area contributed by atoms with Crippen molar-refractivity contribution in [3.8, 4) is 6.07 Å². The summed E-state index contributed by atoms with van der Waals surface area (Å²) in [4.78, 5) is 13.6. The molecule has 0 saturated heterocycles. The van der Waals surface area contributed by atoms with Crippen LogP contribution in [0, 0.1) is 11.3 Å². The normalized spacial score (nSPS) is 13.5. The van der Waals surface area contributed by atoms with Crippen LogP contribution >= 0.6 is 34.7 Å². The van der Waals surface area contributed by atoms with Crippen LogP contribution in [0.2, 0.25) is 5.02 Å². The number of nitrogens with zero attached hydrogens (tertiary/aromatic N) is 1. The van der Waals surface area contributed by atoms with Crippen molar-refractivity contribution in [2.75, 3.05) is 6.26 Å². The summed E-state index contributed by atoms with van der Waals surface area (Å²) >= 11 is 9.01. The number of benzene rings is 1. The van der Waals surface area contributed by atoms with Crippen molar-refractivity contribution in [1.82, 2.24) is 0 Å². The maximum Gasteiger partial charge on any atom is 0.213 e. The number of allylic oxidation sites excluding steroid dienone is 2. The molecule has 0 atom stereocenters. The lowest BCUT2D eigenvalue weighted by atomic mass is 9.96. The summed E-state index contributed by atoms with van der Waals surface area (Å²) < 4.78 is 1.13. The molecule has 0 unspecified atom stereocenters. The fraction of sp³-hybridized carbons (Fsp3) is 0.158. The molecule has 1 aromatic carbocycles. The standard InChI is InChI=1S/C19H14ClNOS2/c1-23-19-16-5-3-2-4-15(16)18(24-19)17(22)13(11-21)10-12-6-8-14(20)9-7-12/h3,5-10H,2,4H2,1H3. The summed E-state index contributed by atoms with van der Waals surface area (Å²) in [7, 11) is 0. The fourth-order valence-corrected chi connectivity index (χ4v) is 4.78. The Kier molecular flexibility index (Phi) is 5.25. The van der Waals surface area contributed by atoms with Gasteiger partial charge in [0.1, 0.15) is 11.6 Å². The third-order valence-corrected chi connectivity index (χ3v) is 6.43. The molecule has 1 aliphatic rings. The third-order valence-electron chi connectivity index (χ3n) is 3.80. The van der Waals surface area contributed by atoms with Crippen LogP contribution in [0.5, 0.6) is 0 Å². The molecule has 0 bridgehead atoms. The Bertz CT molecular complexity index is 885. The molecule has 1 heterocycles. The minimum Gasteiger partial charge on any atom is -0.287 e. The molecule has 3 rings (SSSR count). The molecular formula is C19H14ClNOS2. The maximum absolute atomic E-state index is 12.9. The van der Waals surface area contributed by atoms with Gasteiger partial charge in [0.2, 0.25) is 5.78 Å². The van der Waals surface area contributed by atoms with Gasteiger partial charge in [-0.05, 0) is 48.4 Å². The van der Waals surface area contributed by atoms with Crippen LogP contribution in [0.15, 0.2) is 40.1 Å². The maximum atomic E-state index is 12.9. The number of halogens is 1. The summed E-state index contributed by atoms with van der Waals surface area (Å²) in [5.74, 6) is -0.190. The van der Waals surface area contributed by atoms with E-state index in [9.17, 15) is 10.1 Å². The summed E-state index contributed by atoms with van der Waals surface area (Å²) in [6.07, 6.45) is 9.65. The Morgan fingerprint density at radius 3 is 2.79 bits per heavy atom. The highest BCUT2D eigenvalue weighted by Crippen LogP contribution is 2.39.